The smallest absolute Gasteiger partial charge is 0.226 e. The van der Waals surface area contributed by atoms with E-state index < -0.39 is 0 Å². The van der Waals surface area contributed by atoms with Gasteiger partial charge in [-0.1, -0.05) is 59.4 Å². The van der Waals surface area contributed by atoms with Crippen LogP contribution in [-0.4, -0.2) is 95.0 Å². The minimum atomic E-state index is 0.173. The highest BCUT2D eigenvalue weighted by atomic mass is 33.1. The van der Waals surface area contributed by atoms with Crippen molar-refractivity contribution in [2.75, 3.05) is 26.3 Å². The topological polar surface area (TPSA) is 83.1 Å². The third-order valence-electron chi connectivity index (χ3n) is 17.6. The molecule has 0 aromatic rings. The summed E-state index contributed by atoms with van der Waals surface area (Å²) in [5.41, 5.74) is 2.98. The molecule has 10 aliphatic rings. The standard InChI is InChI=1S/C50H78N4O4S2/c55-49-43-5-1-3-7-45(43)53-27-25-37(47(53)51-49)29-33-9-17-39(18-10-33)57-31-35-13-21-41(22-14-35)59-60-42-23-15-36(16-24-42)32-58-40-19-11-34(12-20-40)30-38-26-28-54-46-8-4-2-6-44(46)50(56)52-48(38)54/h29-30,33-36,39-48H,1-28,31-32H2,(H,51,55)(H,52,56)/b37-29-,38-30-. The Morgan fingerprint density at radius 1 is 0.500 bits per heavy atom. The molecule has 6 unspecified atom stereocenters. The molecule has 4 saturated heterocycles. The van der Waals surface area contributed by atoms with Crippen molar-refractivity contribution in [3.63, 3.8) is 0 Å². The Labute approximate surface area is 370 Å². The second-order valence-electron chi connectivity index (χ2n) is 21.4. The molecule has 6 aliphatic carbocycles. The van der Waals surface area contributed by atoms with Gasteiger partial charge in [0.25, 0.3) is 0 Å². The zero-order chi connectivity index (χ0) is 40.4. The number of amides is 2. The SMILES string of the molecule is O=C1NC2/C(=C\C3CCC(OCC4CCC(SSC5CCC(COC6CCC(/C=C7/CCN8C7NC(=O)C7CCCCC78)CC6)CC5)CC4)CC3)CCN2C2CCCCC12. The van der Waals surface area contributed by atoms with Crippen LogP contribution in [0.25, 0.3) is 0 Å². The maximum Gasteiger partial charge on any atom is 0.226 e. The van der Waals surface area contributed by atoms with Gasteiger partial charge in [0, 0.05) is 48.9 Å². The first-order chi connectivity index (χ1) is 29.5. The molecule has 4 heterocycles. The van der Waals surface area contributed by atoms with Crippen LogP contribution in [0, 0.1) is 35.5 Å². The predicted octanol–water partition coefficient (Wildman–Crippen LogP) is 9.93. The van der Waals surface area contributed by atoms with Crippen molar-refractivity contribution >= 4 is 33.4 Å². The molecule has 0 spiro atoms. The minimum absolute atomic E-state index is 0.173. The summed E-state index contributed by atoms with van der Waals surface area (Å²) in [5, 5.41) is 8.49. The molecule has 10 rings (SSSR count). The lowest BCUT2D eigenvalue weighted by Crippen LogP contribution is -2.61. The van der Waals surface area contributed by atoms with E-state index in [1.54, 1.807) is 0 Å². The van der Waals surface area contributed by atoms with Crippen LogP contribution < -0.4 is 10.6 Å². The number of nitrogens with one attached hydrogen (secondary N) is 2. The molecule has 0 aromatic heterocycles. The Kier molecular flexibility index (Phi) is 14.3. The number of allylic oxidation sites excluding steroid dienone is 2. The molecular weight excluding hydrogens is 785 g/mol. The molecule has 6 atom stereocenters. The Morgan fingerprint density at radius 2 is 0.900 bits per heavy atom. The third-order valence-corrected chi connectivity index (χ3v) is 21.2. The second kappa shape index (κ2) is 20.0. The van der Waals surface area contributed by atoms with Gasteiger partial charge in [-0.3, -0.25) is 19.4 Å². The highest BCUT2D eigenvalue weighted by Gasteiger charge is 2.48. The number of hydrogen-bond acceptors (Lipinski definition) is 8. The molecule has 4 aliphatic heterocycles. The minimum Gasteiger partial charge on any atom is -0.378 e. The van der Waals surface area contributed by atoms with Crippen LogP contribution in [0.1, 0.15) is 167 Å². The van der Waals surface area contributed by atoms with Crippen molar-refractivity contribution < 1.29 is 19.1 Å². The maximum absolute atomic E-state index is 12.9. The van der Waals surface area contributed by atoms with Gasteiger partial charge in [-0.15, -0.1) is 0 Å². The van der Waals surface area contributed by atoms with Gasteiger partial charge < -0.3 is 20.1 Å². The number of rotatable bonds is 11. The van der Waals surface area contributed by atoms with Gasteiger partial charge in [0.05, 0.1) is 24.0 Å². The lowest BCUT2D eigenvalue weighted by molar-refractivity contribution is -0.136. The number of nitrogens with zero attached hydrogens (tertiary/aromatic N) is 2. The zero-order valence-electron chi connectivity index (χ0n) is 36.8. The van der Waals surface area contributed by atoms with Crippen LogP contribution in [0.3, 0.4) is 0 Å². The molecule has 0 aromatic carbocycles. The molecule has 10 heteroatoms. The quantitative estimate of drug-likeness (QED) is 0.157. The van der Waals surface area contributed by atoms with Crippen molar-refractivity contribution in [1.82, 2.24) is 20.4 Å². The van der Waals surface area contributed by atoms with Crippen molar-refractivity contribution in [3.8, 4) is 0 Å². The van der Waals surface area contributed by atoms with E-state index >= 15 is 0 Å². The van der Waals surface area contributed by atoms with Crippen LogP contribution in [0.4, 0.5) is 0 Å². The van der Waals surface area contributed by atoms with Crippen LogP contribution in [0.5, 0.6) is 0 Å². The molecule has 60 heavy (non-hydrogen) atoms. The Balaban J connectivity index is 0.562. The molecular formula is C50H78N4O4S2. The van der Waals surface area contributed by atoms with Gasteiger partial charge in [0.2, 0.25) is 11.8 Å². The lowest BCUT2D eigenvalue weighted by atomic mass is 9.81. The molecule has 2 N–H and O–H groups in total. The van der Waals surface area contributed by atoms with E-state index in [0.717, 1.165) is 74.3 Å². The summed E-state index contributed by atoms with van der Waals surface area (Å²) in [6.45, 7) is 4.19. The first-order valence-electron chi connectivity index (χ1n) is 25.6. The molecule has 0 bridgehead atoms. The molecule has 10 fully saturated rings. The summed E-state index contributed by atoms with van der Waals surface area (Å²) in [7, 11) is 4.44. The highest BCUT2D eigenvalue weighted by Crippen LogP contribution is 2.46. The van der Waals surface area contributed by atoms with Crippen molar-refractivity contribution in [1.29, 1.82) is 0 Å². The Hall–Kier alpha value is -1.04. The summed E-state index contributed by atoms with van der Waals surface area (Å²) in [6, 6.07) is 0.955. The number of carbonyl (C=O) groups is 2. The van der Waals surface area contributed by atoms with Gasteiger partial charge in [-0.05, 0) is 176 Å². The van der Waals surface area contributed by atoms with Crippen molar-refractivity contribution in [3.05, 3.63) is 23.3 Å². The lowest BCUT2D eigenvalue weighted by Gasteiger charge is -2.45. The average molecular weight is 863 g/mol. The highest BCUT2D eigenvalue weighted by molar-refractivity contribution is 8.77. The summed E-state index contributed by atoms with van der Waals surface area (Å²) < 4.78 is 13.2. The third kappa shape index (κ3) is 9.94. The maximum atomic E-state index is 12.9. The van der Waals surface area contributed by atoms with Crippen LogP contribution in [0.15, 0.2) is 23.3 Å². The first-order valence-corrected chi connectivity index (χ1v) is 27.9. The summed E-state index contributed by atoms with van der Waals surface area (Å²) in [4.78, 5) is 31.1. The summed E-state index contributed by atoms with van der Waals surface area (Å²) in [6.07, 6.45) is 38.7. The Morgan fingerprint density at radius 3 is 1.32 bits per heavy atom. The monoisotopic (exact) mass is 863 g/mol. The molecule has 2 amide bonds. The van der Waals surface area contributed by atoms with E-state index in [0.29, 0.717) is 47.9 Å². The van der Waals surface area contributed by atoms with E-state index in [-0.39, 0.29) is 24.2 Å². The van der Waals surface area contributed by atoms with Crippen molar-refractivity contribution in [2.24, 2.45) is 35.5 Å². The fourth-order valence-electron chi connectivity index (χ4n) is 13.9. The summed E-state index contributed by atoms with van der Waals surface area (Å²) in [5.74, 6) is 3.90. The Bertz CT molecular complexity index is 1420. The molecule has 8 nitrogen and oxygen atoms in total. The van der Waals surface area contributed by atoms with E-state index in [4.69, 9.17) is 9.47 Å². The average Bonchev–Trinajstić information content (AvgIpc) is 3.89. The molecule has 334 valence electrons. The molecule has 6 saturated carbocycles. The number of hydrogen-bond donors (Lipinski definition) is 2. The molecule has 0 radical (unpaired) electrons. The van der Waals surface area contributed by atoms with E-state index in [2.05, 4.69) is 54.2 Å². The second-order valence-corrected chi connectivity index (χ2v) is 24.3. The van der Waals surface area contributed by atoms with Gasteiger partial charge in [0.1, 0.15) is 12.3 Å². The number of fused-ring (bicyclic) bond motifs is 6. The van der Waals surface area contributed by atoms with Crippen LogP contribution in [-0.2, 0) is 19.1 Å². The largest absolute Gasteiger partial charge is 0.378 e. The van der Waals surface area contributed by atoms with E-state index in [1.165, 1.54) is 152 Å². The van der Waals surface area contributed by atoms with Gasteiger partial charge in [0.15, 0.2) is 0 Å². The van der Waals surface area contributed by atoms with E-state index in [9.17, 15) is 9.59 Å². The first kappa shape index (κ1) is 42.9. The normalized spacial score (nSPS) is 44.1. The van der Waals surface area contributed by atoms with Gasteiger partial charge in [-0.2, -0.15) is 0 Å². The predicted molar refractivity (Wildman–Crippen MR) is 244 cm³/mol. The van der Waals surface area contributed by atoms with Gasteiger partial charge >= 0.3 is 0 Å². The fourth-order valence-corrected chi connectivity index (χ4v) is 17.3. The zero-order valence-corrected chi connectivity index (χ0v) is 38.4. The number of carbonyl (C=O) groups excluding carboxylic acids is 2. The van der Waals surface area contributed by atoms with E-state index in [1.807, 2.05) is 0 Å². The summed E-state index contributed by atoms with van der Waals surface area (Å²) >= 11 is 0. The van der Waals surface area contributed by atoms with Crippen LogP contribution in [0.2, 0.25) is 0 Å². The van der Waals surface area contributed by atoms with Crippen LogP contribution >= 0.6 is 21.6 Å². The van der Waals surface area contributed by atoms with Crippen molar-refractivity contribution in [2.45, 2.75) is 214 Å². The number of ether oxygens (including phenoxy) is 2. The van der Waals surface area contributed by atoms with Gasteiger partial charge in [-0.25, -0.2) is 0 Å². The fraction of sp³-hybridized carbons (Fsp3) is 0.880.